The molecule has 0 spiro atoms. The van der Waals surface area contributed by atoms with Gasteiger partial charge in [-0.15, -0.1) is 0 Å². The van der Waals surface area contributed by atoms with E-state index >= 15 is 0 Å². The van der Waals surface area contributed by atoms with Gasteiger partial charge < -0.3 is 4.74 Å². The molecule has 0 unspecified atom stereocenters. The molecule has 0 radical (unpaired) electrons. The third kappa shape index (κ3) is 3.16. The fourth-order valence-corrected chi connectivity index (χ4v) is 6.25. The number of hydrogen-bond acceptors (Lipinski definition) is 1. The van der Waals surface area contributed by atoms with Gasteiger partial charge in [0.25, 0.3) is 0 Å². The van der Waals surface area contributed by atoms with Gasteiger partial charge in [-0.05, 0) is 71.1 Å². The summed E-state index contributed by atoms with van der Waals surface area (Å²) >= 11 is 2.25. The standard InChI is InChI=1S/C24H15FIOS/c25-16-13-19(27-18-11-9-17(26)10-12-18)15-20(14-16)28-23-7-3-1-5-21(23)22-6-2-4-8-24(22)28/h1-15H/q+1. The summed E-state index contributed by atoms with van der Waals surface area (Å²) in [6.45, 7) is 0. The molecule has 0 aliphatic rings. The van der Waals surface area contributed by atoms with Crippen molar-refractivity contribution in [1.82, 2.24) is 0 Å². The number of benzene rings is 4. The smallest absolute Gasteiger partial charge is 0.187 e. The molecule has 0 aliphatic heterocycles. The van der Waals surface area contributed by atoms with Crippen molar-refractivity contribution in [2.75, 3.05) is 0 Å². The van der Waals surface area contributed by atoms with Crippen LogP contribution in [0.1, 0.15) is 0 Å². The highest BCUT2D eigenvalue weighted by molar-refractivity contribution is 14.1. The zero-order chi connectivity index (χ0) is 19.1. The van der Waals surface area contributed by atoms with Gasteiger partial charge in [-0.1, -0.05) is 24.3 Å². The van der Waals surface area contributed by atoms with Crippen LogP contribution in [0.15, 0.2) is 91.0 Å². The van der Waals surface area contributed by atoms with Gasteiger partial charge in [0.2, 0.25) is 0 Å². The van der Waals surface area contributed by atoms with Crippen LogP contribution in [-0.2, 0) is 0 Å². The maximum absolute atomic E-state index is 14.5. The minimum Gasteiger partial charge on any atom is -0.457 e. The van der Waals surface area contributed by atoms with Crippen molar-refractivity contribution in [3.8, 4) is 16.4 Å². The molecule has 5 aromatic rings. The molecular weight excluding hydrogens is 482 g/mol. The molecule has 0 atom stereocenters. The Bertz CT molecular complexity index is 1250. The van der Waals surface area contributed by atoms with Gasteiger partial charge in [0, 0.05) is 43.0 Å². The first-order chi connectivity index (χ1) is 13.7. The predicted octanol–water partition coefficient (Wildman–Crippen LogP) is 8.27. The number of thiophene rings is 1. The van der Waals surface area contributed by atoms with Crippen molar-refractivity contribution in [3.63, 3.8) is 0 Å². The quantitative estimate of drug-likeness (QED) is 0.180. The number of halogens is 2. The average molecular weight is 497 g/mol. The maximum atomic E-state index is 14.5. The molecule has 4 heteroatoms. The molecule has 1 nitrogen and oxygen atoms in total. The summed E-state index contributed by atoms with van der Waals surface area (Å²) < 4.78 is 24.1. The van der Waals surface area contributed by atoms with Crippen molar-refractivity contribution >= 4 is 53.2 Å². The molecule has 5 rings (SSSR count). The fourth-order valence-electron chi connectivity index (χ4n) is 3.46. The predicted molar refractivity (Wildman–Crippen MR) is 124 cm³/mol. The van der Waals surface area contributed by atoms with Crippen LogP contribution < -0.4 is 4.74 Å². The summed E-state index contributed by atoms with van der Waals surface area (Å²) in [6, 6.07) is 29.6. The van der Waals surface area contributed by atoms with E-state index in [4.69, 9.17) is 4.74 Å². The van der Waals surface area contributed by atoms with Crippen LogP contribution in [-0.4, -0.2) is 0 Å². The molecule has 0 fully saturated rings. The Balaban J connectivity index is 1.69. The molecule has 0 amide bonds. The lowest BCUT2D eigenvalue weighted by atomic mass is 10.2. The van der Waals surface area contributed by atoms with Crippen molar-refractivity contribution in [2.45, 2.75) is 0 Å². The summed E-state index contributed by atoms with van der Waals surface area (Å²) in [4.78, 5) is 0.929. The first kappa shape index (κ1) is 17.6. The molecule has 1 heterocycles. The van der Waals surface area contributed by atoms with Crippen LogP contribution in [0.4, 0.5) is 4.39 Å². The summed E-state index contributed by atoms with van der Waals surface area (Å²) in [5, 5.41) is 2.46. The molecule has 4 aromatic carbocycles. The highest BCUT2D eigenvalue weighted by Crippen LogP contribution is 2.49. The minimum atomic E-state index is -0.344. The molecule has 0 aliphatic carbocycles. The molecule has 136 valence electrons. The molecule has 0 saturated carbocycles. The van der Waals surface area contributed by atoms with Gasteiger partial charge in [-0.25, -0.2) is 4.39 Å². The van der Waals surface area contributed by atoms with Gasteiger partial charge in [0.1, 0.15) is 17.3 Å². The highest BCUT2D eigenvalue weighted by Gasteiger charge is 2.24. The van der Waals surface area contributed by atoms with E-state index in [1.54, 1.807) is 6.07 Å². The van der Waals surface area contributed by atoms with E-state index in [0.29, 0.717) is 11.5 Å². The minimum absolute atomic E-state index is 0.285. The number of fused-ring (bicyclic) bond motifs is 3. The summed E-state index contributed by atoms with van der Waals surface area (Å²) in [6.07, 6.45) is 0. The van der Waals surface area contributed by atoms with Gasteiger partial charge in [-0.3, -0.25) is 0 Å². The van der Waals surface area contributed by atoms with Gasteiger partial charge in [0.05, 0.1) is 0 Å². The molecule has 0 N–H and O–H groups in total. The second-order valence-corrected chi connectivity index (χ2v) is 9.69. The van der Waals surface area contributed by atoms with Gasteiger partial charge in [-0.2, -0.15) is 0 Å². The summed E-state index contributed by atoms with van der Waals surface area (Å²) in [5.41, 5.74) is 0. The van der Waals surface area contributed by atoms with Crippen molar-refractivity contribution in [1.29, 1.82) is 0 Å². The Morgan fingerprint density at radius 3 is 1.93 bits per heavy atom. The molecule has 28 heavy (non-hydrogen) atoms. The van der Waals surface area contributed by atoms with Crippen molar-refractivity contribution < 1.29 is 9.13 Å². The largest absolute Gasteiger partial charge is 0.457 e. The third-order valence-corrected chi connectivity index (χ3v) is 7.65. The summed E-state index contributed by atoms with van der Waals surface area (Å²) in [7, 11) is -0.344. The monoisotopic (exact) mass is 497 g/mol. The van der Waals surface area contributed by atoms with E-state index in [1.807, 2.05) is 42.5 Å². The first-order valence-electron chi connectivity index (χ1n) is 8.86. The Labute approximate surface area is 178 Å². The van der Waals surface area contributed by atoms with Crippen LogP contribution in [0.2, 0.25) is 0 Å². The highest BCUT2D eigenvalue weighted by atomic mass is 127. The molecular formula is C24H15FIOS+. The zero-order valence-electron chi connectivity index (χ0n) is 14.7. The SMILES string of the molecule is Fc1cc(Oc2ccc(I)cc2)cc(-[s+]2c3ccccc3c3ccccc32)c1. The topological polar surface area (TPSA) is 9.23 Å². The molecule has 0 bridgehead atoms. The van der Waals surface area contributed by atoms with Crippen LogP contribution in [0.25, 0.3) is 25.1 Å². The van der Waals surface area contributed by atoms with Crippen molar-refractivity contribution in [2.24, 2.45) is 0 Å². The Morgan fingerprint density at radius 1 is 0.679 bits per heavy atom. The van der Waals surface area contributed by atoms with E-state index in [2.05, 4.69) is 59.0 Å². The first-order valence-corrected chi connectivity index (χ1v) is 11.2. The fraction of sp³-hybridized carbons (Fsp3) is 0. The van der Waals surface area contributed by atoms with Crippen LogP contribution in [0.5, 0.6) is 11.5 Å². The van der Waals surface area contributed by atoms with Crippen LogP contribution >= 0.6 is 33.1 Å². The zero-order valence-corrected chi connectivity index (χ0v) is 17.7. The van der Waals surface area contributed by atoms with E-state index in [9.17, 15) is 4.39 Å². The van der Waals surface area contributed by atoms with Gasteiger partial charge >= 0.3 is 0 Å². The van der Waals surface area contributed by atoms with Crippen LogP contribution in [0, 0.1) is 9.39 Å². The lowest BCUT2D eigenvalue weighted by molar-refractivity contribution is 0.477. The Hall–Kier alpha value is -2.44. The molecule has 0 saturated heterocycles. The van der Waals surface area contributed by atoms with E-state index in [-0.39, 0.29) is 16.3 Å². The van der Waals surface area contributed by atoms with Gasteiger partial charge in [0.15, 0.2) is 14.3 Å². The van der Waals surface area contributed by atoms with E-state index in [0.717, 1.165) is 8.47 Å². The lowest BCUT2D eigenvalue weighted by Gasteiger charge is -2.06. The maximum Gasteiger partial charge on any atom is 0.187 e. The Kier molecular flexibility index (Phi) is 4.53. The second-order valence-electron chi connectivity index (χ2n) is 6.48. The number of hydrogen-bond donors (Lipinski definition) is 0. The Morgan fingerprint density at radius 2 is 1.29 bits per heavy atom. The van der Waals surface area contributed by atoms with Crippen molar-refractivity contribution in [3.05, 3.63) is 100 Å². The lowest BCUT2D eigenvalue weighted by Crippen LogP contribution is -1.86. The van der Waals surface area contributed by atoms with E-state index < -0.39 is 0 Å². The average Bonchev–Trinajstić information content (AvgIpc) is 3.04. The summed E-state index contributed by atoms with van der Waals surface area (Å²) in [5.74, 6) is 0.936. The normalized spacial score (nSPS) is 11.2. The number of rotatable bonds is 3. The third-order valence-electron chi connectivity index (χ3n) is 4.63. The number of ether oxygens (including phenoxy) is 1. The second kappa shape index (κ2) is 7.18. The molecule has 1 aromatic heterocycles. The van der Waals surface area contributed by atoms with E-state index in [1.165, 1.54) is 26.2 Å². The van der Waals surface area contributed by atoms with Crippen LogP contribution in [0.3, 0.4) is 0 Å².